The number of nitrogens with zero attached hydrogens (tertiary/aromatic N) is 2. The van der Waals surface area contributed by atoms with Gasteiger partial charge in [0.25, 0.3) is 0 Å². The highest BCUT2D eigenvalue weighted by atomic mass is 31.2. The number of aliphatic carboxylic acids is 1. The van der Waals surface area contributed by atoms with Crippen LogP contribution in [0.25, 0.3) is 0 Å². The molecule has 2 aliphatic rings. The first kappa shape index (κ1) is 33.8. The number of phosphoric acid groups is 1. The minimum atomic E-state index is -5.79. The number of carbonyl (C=O) groups excluding carboxylic acids is 1. The molecule has 0 saturated carbocycles. The van der Waals surface area contributed by atoms with Gasteiger partial charge in [0.2, 0.25) is 5.91 Å². The van der Waals surface area contributed by atoms with Gasteiger partial charge in [0.05, 0.1) is 19.3 Å². The van der Waals surface area contributed by atoms with Crippen LogP contribution in [0.4, 0.5) is 10.2 Å². The molecule has 1 aromatic rings. The highest BCUT2D eigenvalue weighted by molar-refractivity contribution is 7.47. The quantitative estimate of drug-likeness (QED) is 0.102. The Morgan fingerprint density at radius 2 is 1.93 bits per heavy atom. The standard InChI is InChI=1S/C20H30FN4O16P/c1-6(27)23-10-13(31)16(21)20(18(33)34,40-15(10)11(29)7(28)4-26)41-42(36,37)38-5-8-12(30)14(32)17(39-8)25-3-2-9(22)24-19(25)35/h2-3,7-8,10-17,26,28-32H,4-5H2,1H3,(H,23,27)(H,33,34)(H,36,37)(H2,22,24,35)/t7-,8-,10-,11-,12?,13?,14?,15?,16?,17-,20-/m1/s1. The highest BCUT2D eigenvalue weighted by Gasteiger charge is 2.65. The van der Waals surface area contributed by atoms with Crippen molar-refractivity contribution in [3.63, 3.8) is 0 Å². The van der Waals surface area contributed by atoms with Crippen molar-refractivity contribution in [1.82, 2.24) is 14.9 Å². The molecule has 42 heavy (non-hydrogen) atoms. The van der Waals surface area contributed by atoms with Crippen molar-refractivity contribution in [1.29, 1.82) is 0 Å². The molecule has 2 saturated heterocycles. The van der Waals surface area contributed by atoms with Crippen molar-refractivity contribution in [2.45, 2.75) is 73.9 Å². The molecule has 1 aromatic heterocycles. The van der Waals surface area contributed by atoms with E-state index >= 15 is 4.39 Å². The molecule has 0 aliphatic carbocycles. The van der Waals surface area contributed by atoms with Crippen molar-refractivity contribution < 1.29 is 77.7 Å². The minimum absolute atomic E-state index is 0.167. The summed E-state index contributed by atoms with van der Waals surface area (Å²) in [5.41, 5.74) is 4.40. The predicted octanol–water partition coefficient (Wildman–Crippen LogP) is -5.32. The number of nitrogens with two attached hydrogens (primary N) is 1. The highest BCUT2D eigenvalue weighted by Crippen LogP contribution is 2.52. The van der Waals surface area contributed by atoms with Gasteiger partial charge in [-0.2, -0.15) is 4.98 Å². The number of hydrogen-bond donors (Lipinski definition) is 10. The van der Waals surface area contributed by atoms with Crippen LogP contribution in [-0.4, -0.2) is 136 Å². The second-order valence-electron chi connectivity index (χ2n) is 9.36. The lowest BCUT2D eigenvalue weighted by Crippen LogP contribution is -2.73. The zero-order chi connectivity index (χ0) is 31.7. The van der Waals surface area contributed by atoms with Crippen LogP contribution in [0.15, 0.2) is 17.1 Å². The summed E-state index contributed by atoms with van der Waals surface area (Å²) in [5.74, 6) is -7.48. The topological polar surface area (TPSA) is 323 Å². The van der Waals surface area contributed by atoms with E-state index in [0.29, 0.717) is 0 Å². The van der Waals surface area contributed by atoms with Gasteiger partial charge in [0.15, 0.2) is 12.4 Å². The second-order valence-corrected chi connectivity index (χ2v) is 10.7. The Kier molecular flexibility index (Phi) is 10.4. The minimum Gasteiger partial charge on any atom is -0.477 e. The van der Waals surface area contributed by atoms with E-state index in [-0.39, 0.29) is 5.82 Å². The summed E-state index contributed by atoms with van der Waals surface area (Å²) in [6.45, 7) is -1.39. The van der Waals surface area contributed by atoms with Crippen LogP contribution >= 0.6 is 7.82 Å². The number of aliphatic hydroxyl groups excluding tert-OH is 6. The predicted molar refractivity (Wildman–Crippen MR) is 129 cm³/mol. The summed E-state index contributed by atoms with van der Waals surface area (Å²) < 4.78 is 48.4. The Balaban J connectivity index is 1.83. The van der Waals surface area contributed by atoms with Crippen LogP contribution in [0, 0.1) is 0 Å². The first-order valence-corrected chi connectivity index (χ1v) is 13.5. The van der Waals surface area contributed by atoms with Crippen LogP contribution in [0.3, 0.4) is 0 Å². The molecule has 22 heteroatoms. The molecule has 2 aliphatic heterocycles. The number of halogens is 1. The Hall–Kier alpha value is -2.66. The van der Waals surface area contributed by atoms with Crippen molar-refractivity contribution in [3.05, 3.63) is 22.7 Å². The number of nitrogen functional groups attached to an aromatic ring is 1. The zero-order valence-corrected chi connectivity index (χ0v) is 22.4. The number of aromatic nitrogens is 2. The smallest absolute Gasteiger partial charge is 0.475 e. The van der Waals surface area contributed by atoms with Gasteiger partial charge in [0.1, 0.15) is 48.5 Å². The Morgan fingerprint density at radius 1 is 1.29 bits per heavy atom. The molecular formula is C20H30FN4O16P. The van der Waals surface area contributed by atoms with Gasteiger partial charge in [0, 0.05) is 13.1 Å². The molecule has 0 radical (unpaired) electrons. The first-order valence-electron chi connectivity index (χ1n) is 12.0. The number of amides is 1. The molecule has 3 rings (SSSR count). The number of nitrogens with one attached hydrogen (secondary N) is 1. The number of carbonyl (C=O) groups is 2. The van der Waals surface area contributed by atoms with Crippen molar-refractivity contribution in [3.8, 4) is 0 Å². The SMILES string of the molecule is CC(=O)N[C@@H]1C(O)C(F)[C@@](OP(=O)(O)OC[C@H]2O[C@@H](n3ccc(N)nc3=O)C(O)C2O)(C(=O)O)OC1[C@H](O)[C@H](O)CO. The Morgan fingerprint density at radius 3 is 2.48 bits per heavy atom. The van der Waals surface area contributed by atoms with Crippen LogP contribution in [0.5, 0.6) is 0 Å². The van der Waals surface area contributed by atoms with E-state index in [1.54, 1.807) is 0 Å². The van der Waals surface area contributed by atoms with E-state index in [0.717, 1.165) is 17.7 Å². The lowest BCUT2D eigenvalue weighted by molar-refractivity contribution is -0.314. The first-order chi connectivity index (χ1) is 19.5. The number of aliphatic hydroxyl groups is 6. The van der Waals surface area contributed by atoms with Crippen molar-refractivity contribution >= 4 is 25.5 Å². The zero-order valence-electron chi connectivity index (χ0n) is 21.5. The van der Waals surface area contributed by atoms with E-state index in [4.69, 9.17) is 20.3 Å². The third kappa shape index (κ3) is 6.77. The van der Waals surface area contributed by atoms with E-state index in [1.807, 2.05) is 5.32 Å². The lowest BCUT2D eigenvalue weighted by Gasteiger charge is -2.48. The average molecular weight is 632 g/mol. The second kappa shape index (κ2) is 12.9. The number of ether oxygens (including phenoxy) is 2. The molecule has 11 N–H and O–H groups in total. The number of alkyl halides is 1. The van der Waals surface area contributed by atoms with Crippen molar-refractivity contribution in [2.24, 2.45) is 0 Å². The molecule has 6 unspecified atom stereocenters. The summed E-state index contributed by atoms with van der Waals surface area (Å²) in [6, 6.07) is -0.795. The molecule has 20 nitrogen and oxygen atoms in total. The monoisotopic (exact) mass is 632 g/mol. The summed E-state index contributed by atoms with van der Waals surface area (Å²) >= 11 is 0. The van der Waals surface area contributed by atoms with Gasteiger partial charge in [-0.05, 0) is 6.07 Å². The summed E-state index contributed by atoms with van der Waals surface area (Å²) in [6.07, 6.45) is -18.4. The number of phosphoric ester groups is 1. The summed E-state index contributed by atoms with van der Waals surface area (Å²) in [5, 5.41) is 72.2. The van der Waals surface area contributed by atoms with E-state index in [9.17, 15) is 54.5 Å². The molecule has 0 aromatic carbocycles. The molecule has 1 amide bonds. The number of anilines is 1. The fourth-order valence-electron chi connectivity index (χ4n) is 4.31. The van der Waals surface area contributed by atoms with Crippen LogP contribution < -0.4 is 16.7 Å². The number of carboxylic acid groups (broad SMARTS) is 1. The van der Waals surface area contributed by atoms with Gasteiger partial charge in [-0.3, -0.25) is 13.9 Å². The number of rotatable bonds is 11. The molecule has 0 spiro atoms. The van der Waals surface area contributed by atoms with Crippen LogP contribution in [0.1, 0.15) is 13.2 Å². The molecule has 3 heterocycles. The van der Waals surface area contributed by atoms with Crippen molar-refractivity contribution in [2.75, 3.05) is 18.9 Å². The normalized spacial score (nSPS) is 36.1. The molecule has 2 fully saturated rings. The van der Waals surface area contributed by atoms with E-state index in [2.05, 4.69) is 14.0 Å². The van der Waals surface area contributed by atoms with Gasteiger partial charge in [-0.1, -0.05) is 0 Å². The maximum absolute atomic E-state index is 15.4. The summed E-state index contributed by atoms with van der Waals surface area (Å²) in [4.78, 5) is 49.5. The largest absolute Gasteiger partial charge is 0.477 e. The average Bonchev–Trinajstić information content (AvgIpc) is 3.19. The maximum Gasteiger partial charge on any atom is 0.475 e. The van der Waals surface area contributed by atoms with Gasteiger partial charge >= 0.3 is 25.3 Å². The molecule has 12 atom stereocenters. The summed E-state index contributed by atoms with van der Waals surface area (Å²) in [7, 11) is -5.79. The van der Waals surface area contributed by atoms with Gasteiger partial charge in [-0.15, -0.1) is 0 Å². The van der Waals surface area contributed by atoms with E-state index in [1.165, 1.54) is 6.07 Å². The van der Waals surface area contributed by atoms with E-state index < -0.39 is 106 Å². The maximum atomic E-state index is 15.4. The Labute approximate surface area is 234 Å². The molecule has 238 valence electrons. The number of hydrogen-bond acceptors (Lipinski definition) is 16. The van der Waals surface area contributed by atoms with Crippen LogP contribution in [0.2, 0.25) is 0 Å². The third-order valence-corrected chi connectivity index (χ3v) is 7.37. The third-order valence-electron chi connectivity index (χ3n) is 6.40. The van der Waals surface area contributed by atoms with Crippen LogP contribution in [-0.2, 0) is 32.7 Å². The lowest BCUT2D eigenvalue weighted by atomic mass is 9.87. The number of carboxylic acids is 1. The van der Waals surface area contributed by atoms with Gasteiger partial charge in [-0.25, -0.2) is 23.1 Å². The van der Waals surface area contributed by atoms with Gasteiger partial charge < -0.3 is 61.2 Å². The molecule has 0 bridgehead atoms. The fourth-order valence-corrected chi connectivity index (χ4v) is 5.27. The molecular weight excluding hydrogens is 602 g/mol. The Bertz CT molecular complexity index is 1260. The fraction of sp³-hybridized carbons (Fsp3) is 0.700.